The largest absolute Gasteiger partial charge is 0.472 e. The van der Waals surface area contributed by atoms with E-state index in [0.717, 1.165) is 55.2 Å². The van der Waals surface area contributed by atoms with E-state index in [9.17, 15) is 19.0 Å². The van der Waals surface area contributed by atoms with Gasteiger partial charge >= 0.3 is 19.8 Å². The molecule has 0 fully saturated rings. The van der Waals surface area contributed by atoms with Gasteiger partial charge in [0.25, 0.3) is 0 Å². The maximum absolute atomic E-state index is 13.3. The number of unbranched alkanes of at least 4 members (excludes halogenated alkanes) is 28. The normalized spacial score (nSPS) is 13.0. The molecule has 10 heteroatoms. The van der Waals surface area contributed by atoms with E-state index >= 15 is 0 Å². The van der Waals surface area contributed by atoms with Crippen molar-refractivity contribution in [2.45, 2.75) is 231 Å². The molecule has 0 aromatic heterocycles. The predicted octanol–water partition coefficient (Wildman–Crippen LogP) is 16.7. The van der Waals surface area contributed by atoms with Crippen LogP contribution in [-0.4, -0.2) is 49.3 Å². The molecule has 3 rings (SSSR count). The van der Waals surface area contributed by atoms with E-state index in [2.05, 4.69) is 55.6 Å². The highest BCUT2D eigenvalue weighted by atomic mass is 31.2. The van der Waals surface area contributed by atoms with Crippen molar-refractivity contribution in [2.75, 3.05) is 26.4 Å². The molecule has 0 radical (unpaired) electrons. The van der Waals surface area contributed by atoms with Gasteiger partial charge in [-0.3, -0.25) is 24.0 Å². The molecule has 0 aliphatic rings. The molecule has 0 heterocycles. The van der Waals surface area contributed by atoms with Gasteiger partial charge < -0.3 is 14.4 Å². The molecule has 0 saturated heterocycles. The third-order valence-electron chi connectivity index (χ3n) is 13.5. The molecule has 0 aliphatic heterocycles. The first-order valence-electron chi connectivity index (χ1n) is 28.2. The Hall–Kier alpha value is -3.33. The van der Waals surface area contributed by atoms with Crippen molar-refractivity contribution < 1.29 is 37.6 Å². The number of carbonyl (C=O) groups excluding carboxylic acids is 2. The van der Waals surface area contributed by atoms with Gasteiger partial charge in [-0.15, -0.1) is 0 Å². The first-order chi connectivity index (χ1) is 34.3. The quantitative estimate of drug-likeness (QED) is 0.0247. The fourth-order valence-electron chi connectivity index (χ4n) is 9.39. The van der Waals surface area contributed by atoms with Crippen LogP contribution in [0.5, 0.6) is 0 Å². The second kappa shape index (κ2) is 40.2. The van der Waals surface area contributed by atoms with Crippen molar-refractivity contribution in [1.29, 1.82) is 0 Å². The van der Waals surface area contributed by atoms with Gasteiger partial charge in [0, 0.05) is 19.4 Å². The van der Waals surface area contributed by atoms with E-state index < -0.39 is 32.0 Å². The topological polar surface area (TPSA) is 120 Å². The summed E-state index contributed by atoms with van der Waals surface area (Å²) < 4.78 is 35.5. The van der Waals surface area contributed by atoms with E-state index in [-0.39, 0.29) is 38.6 Å². The zero-order chi connectivity index (χ0) is 50.1. The van der Waals surface area contributed by atoms with Crippen LogP contribution in [0.4, 0.5) is 0 Å². The number of carbonyl (C=O) groups is 2. The summed E-state index contributed by atoms with van der Waals surface area (Å²) in [6.45, 7) is 3.84. The second-order valence-corrected chi connectivity index (χ2v) is 21.0. The molecule has 0 aliphatic carbocycles. The second-order valence-electron chi connectivity index (χ2n) is 19.6. The van der Waals surface area contributed by atoms with Gasteiger partial charge in [-0.1, -0.05) is 285 Å². The minimum atomic E-state index is -4.61. The summed E-state index contributed by atoms with van der Waals surface area (Å²) in [5.74, 6) is -0.829. The summed E-state index contributed by atoms with van der Waals surface area (Å²) in [5, 5.41) is 3.64. The maximum Gasteiger partial charge on any atom is 0.472 e. The van der Waals surface area contributed by atoms with Crippen molar-refractivity contribution in [1.82, 2.24) is 5.32 Å². The standard InChI is InChI=1S/C60H96NO8P/c1-3-5-7-9-11-13-15-17-19-21-23-25-27-29-40-48-58(62)66-52-57(69-59(63)49-41-30-28-26-24-22-20-18-16-14-12-10-8-6-4-2)53-68-70(64,65)67-51-50-61-60(54-42-34-31-35-43-54,55-44-36-32-37-45-55)56-46-38-33-39-47-56/h31-39,42-47,57,61H,3-30,40-41,48-53H2,1-2H3,(H,64,65)/t57-/m0/s1. The zero-order valence-corrected chi connectivity index (χ0v) is 44.8. The Labute approximate surface area is 426 Å². The summed E-state index contributed by atoms with van der Waals surface area (Å²) in [6, 6.07) is 30.2. The van der Waals surface area contributed by atoms with Crippen LogP contribution in [0.3, 0.4) is 0 Å². The lowest BCUT2D eigenvalue weighted by Crippen LogP contribution is -2.46. The number of ether oxygens (including phenoxy) is 2. The molecule has 0 amide bonds. The Morgan fingerprint density at radius 2 is 0.800 bits per heavy atom. The molecular weight excluding hydrogens is 894 g/mol. The average Bonchev–Trinajstić information content (AvgIpc) is 3.38. The smallest absolute Gasteiger partial charge is 0.462 e. The number of benzene rings is 3. The van der Waals surface area contributed by atoms with E-state index in [1.165, 1.54) is 148 Å². The number of rotatable bonds is 46. The van der Waals surface area contributed by atoms with Crippen molar-refractivity contribution in [3.63, 3.8) is 0 Å². The first kappa shape index (κ1) is 61.0. The lowest BCUT2D eigenvalue weighted by Gasteiger charge is -2.37. The third kappa shape index (κ3) is 28.1. The molecule has 394 valence electrons. The van der Waals surface area contributed by atoms with Crippen LogP contribution in [0.1, 0.15) is 236 Å². The van der Waals surface area contributed by atoms with Gasteiger partial charge in [0.2, 0.25) is 0 Å². The fourth-order valence-corrected chi connectivity index (χ4v) is 10.1. The van der Waals surface area contributed by atoms with Crippen molar-refractivity contribution >= 4 is 19.8 Å². The number of phosphoric acid groups is 1. The van der Waals surface area contributed by atoms with Gasteiger partial charge in [0.05, 0.1) is 18.8 Å². The number of phosphoric ester groups is 1. The molecular formula is C60H96NO8P. The third-order valence-corrected chi connectivity index (χ3v) is 14.5. The molecule has 70 heavy (non-hydrogen) atoms. The first-order valence-corrected chi connectivity index (χ1v) is 29.7. The molecule has 0 saturated carbocycles. The molecule has 9 nitrogen and oxygen atoms in total. The van der Waals surface area contributed by atoms with Crippen molar-refractivity contribution in [2.24, 2.45) is 0 Å². The van der Waals surface area contributed by atoms with E-state index in [1.54, 1.807) is 0 Å². The Balaban J connectivity index is 1.44. The number of esters is 2. The highest BCUT2D eigenvalue weighted by molar-refractivity contribution is 7.47. The fraction of sp³-hybridized carbons (Fsp3) is 0.667. The van der Waals surface area contributed by atoms with Crippen LogP contribution in [-0.2, 0) is 38.2 Å². The van der Waals surface area contributed by atoms with E-state index in [1.807, 2.05) is 54.6 Å². The summed E-state index contributed by atoms with van der Waals surface area (Å²) in [4.78, 5) is 36.7. The Morgan fingerprint density at radius 1 is 0.471 bits per heavy atom. The summed E-state index contributed by atoms with van der Waals surface area (Å²) in [5.41, 5.74) is 2.22. The number of nitrogens with one attached hydrogen (secondary N) is 1. The molecule has 3 aromatic rings. The highest BCUT2D eigenvalue weighted by Crippen LogP contribution is 2.43. The van der Waals surface area contributed by atoms with Gasteiger partial charge in [-0.2, -0.15) is 0 Å². The van der Waals surface area contributed by atoms with Crippen LogP contribution >= 0.6 is 7.82 Å². The van der Waals surface area contributed by atoms with E-state index in [0.29, 0.717) is 6.42 Å². The molecule has 1 unspecified atom stereocenters. The molecule has 0 spiro atoms. The highest BCUT2D eigenvalue weighted by Gasteiger charge is 2.36. The predicted molar refractivity (Wildman–Crippen MR) is 289 cm³/mol. The van der Waals surface area contributed by atoms with Crippen LogP contribution < -0.4 is 5.32 Å². The minimum absolute atomic E-state index is 0.153. The van der Waals surface area contributed by atoms with Gasteiger partial charge in [0.15, 0.2) is 6.10 Å². The van der Waals surface area contributed by atoms with Gasteiger partial charge in [-0.25, -0.2) is 4.57 Å². The Morgan fingerprint density at radius 3 is 1.16 bits per heavy atom. The SMILES string of the molecule is CCCCCCCCCCCCCCCCCC(=O)OC[C@@H](COP(=O)(O)OCCNC(c1ccccc1)(c1ccccc1)c1ccccc1)OC(=O)CCCCCCCCCCCCCCCCC. The monoisotopic (exact) mass is 990 g/mol. The Bertz CT molecular complexity index is 1650. The van der Waals surface area contributed by atoms with Gasteiger partial charge in [0.1, 0.15) is 6.61 Å². The summed E-state index contributed by atoms with van der Waals surface area (Å²) in [7, 11) is -4.61. The molecule has 2 atom stereocenters. The molecule has 3 aromatic carbocycles. The zero-order valence-electron chi connectivity index (χ0n) is 43.9. The maximum atomic E-state index is 13.3. The summed E-state index contributed by atoms with van der Waals surface area (Å²) >= 11 is 0. The average molecular weight is 990 g/mol. The number of hydrogen-bond acceptors (Lipinski definition) is 8. The van der Waals surface area contributed by atoms with Gasteiger partial charge in [-0.05, 0) is 29.5 Å². The van der Waals surface area contributed by atoms with E-state index in [4.69, 9.17) is 18.5 Å². The molecule has 2 N–H and O–H groups in total. The summed E-state index contributed by atoms with van der Waals surface area (Å²) in [6.07, 6.45) is 36.5. The Kier molecular flexibility index (Phi) is 35.0. The molecule has 0 bridgehead atoms. The number of hydrogen-bond donors (Lipinski definition) is 2. The van der Waals surface area contributed by atoms with Crippen molar-refractivity contribution in [3.05, 3.63) is 108 Å². The van der Waals surface area contributed by atoms with Crippen LogP contribution in [0, 0.1) is 0 Å². The lowest BCUT2D eigenvalue weighted by atomic mass is 9.77. The van der Waals surface area contributed by atoms with Crippen LogP contribution in [0.2, 0.25) is 0 Å². The lowest BCUT2D eigenvalue weighted by molar-refractivity contribution is -0.161. The van der Waals surface area contributed by atoms with Crippen molar-refractivity contribution in [3.8, 4) is 0 Å². The van der Waals surface area contributed by atoms with Crippen LogP contribution in [0.15, 0.2) is 91.0 Å². The minimum Gasteiger partial charge on any atom is -0.462 e. The van der Waals surface area contributed by atoms with Crippen LogP contribution in [0.25, 0.3) is 0 Å².